The van der Waals surface area contributed by atoms with Gasteiger partial charge in [-0.1, -0.05) is 0 Å². The molecule has 106 valence electrons. The van der Waals surface area contributed by atoms with Crippen LogP contribution >= 0.6 is 0 Å². The molecule has 0 aromatic carbocycles. The van der Waals surface area contributed by atoms with E-state index in [1.807, 2.05) is 0 Å². The van der Waals surface area contributed by atoms with E-state index in [2.05, 4.69) is 0 Å². The van der Waals surface area contributed by atoms with E-state index in [4.69, 9.17) is 25.3 Å². The third-order valence-corrected chi connectivity index (χ3v) is 2.73. The van der Waals surface area contributed by atoms with E-state index in [1.165, 1.54) is 0 Å². The zero-order valence-electron chi connectivity index (χ0n) is 11.5. The molecule has 1 aliphatic rings. The predicted molar refractivity (Wildman–Crippen MR) is 67.6 cm³/mol. The summed E-state index contributed by atoms with van der Waals surface area (Å²) in [6, 6.07) is 5.07. The van der Waals surface area contributed by atoms with Crippen molar-refractivity contribution in [2.45, 2.75) is 13.8 Å². The van der Waals surface area contributed by atoms with Crippen LogP contribution in [0.1, 0.15) is 13.8 Å². The van der Waals surface area contributed by atoms with Crippen LogP contribution in [0, 0.1) is 39.9 Å². The van der Waals surface area contributed by atoms with Gasteiger partial charge in [-0.2, -0.15) is 15.8 Å². The van der Waals surface area contributed by atoms with Crippen molar-refractivity contribution in [3.8, 4) is 18.2 Å². The highest BCUT2D eigenvalue weighted by molar-refractivity contribution is 6.03. The molecule has 1 unspecified atom stereocenters. The zero-order chi connectivity index (χ0) is 16.0. The molecule has 0 N–H and O–H groups in total. The van der Waals surface area contributed by atoms with Gasteiger partial charge in [-0.25, -0.2) is 4.79 Å². The van der Waals surface area contributed by atoms with Crippen LogP contribution in [0.2, 0.25) is 0 Å². The first kappa shape index (κ1) is 15.9. The number of hydrogen-bond donors (Lipinski definition) is 0. The first-order valence-corrected chi connectivity index (χ1v) is 6.09. The normalized spacial score (nSPS) is 16.8. The van der Waals surface area contributed by atoms with Crippen molar-refractivity contribution < 1.29 is 19.1 Å². The number of allylic oxidation sites excluding steroid dienone is 2. The standard InChI is InChI=1S/C14H11N3O4/c1-3-20-13(18)11-9(6-16)8(5-15)10(7-17)12(11)14(19)21-4-2/h11H,3-4H2,1-2H3. The van der Waals surface area contributed by atoms with Gasteiger partial charge in [-0.15, -0.1) is 0 Å². The van der Waals surface area contributed by atoms with Gasteiger partial charge in [0.1, 0.15) is 18.1 Å². The number of nitriles is 3. The molecular formula is C14H11N3O4. The maximum Gasteiger partial charge on any atom is 0.336 e. The molecule has 1 rings (SSSR count). The molecule has 1 aliphatic carbocycles. The summed E-state index contributed by atoms with van der Waals surface area (Å²) in [6.07, 6.45) is 0. The smallest absolute Gasteiger partial charge is 0.336 e. The molecule has 7 nitrogen and oxygen atoms in total. The summed E-state index contributed by atoms with van der Waals surface area (Å²) in [5.74, 6) is -3.17. The van der Waals surface area contributed by atoms with Gasteiger partial charge >= 0.3 is 11.9 Å². The lowest BCUT2D eigenvalue weighted by molar-refractivity contribution is -0.148. The fraction of sp³-hybridized carbons (Fsp3) is 0.357. The molecule has 0 spiro atoms. The second-order valence-corrected chi connectivity index (χ2v) is 3.82. The van der Waals surface area contributed by atoms with E-state index in [0.717, 1.165) is 0 Å². The van der Waals surface area contributed by atoms with Crippen LogP contribution in [0.15, 0.2) is 22.3 Å². The number of carbonyl (C=O) groups excluding carboxylic acids is 2. The average Bonchev–Trinajstić information content (AvgIpc) is 2.80. The molecule has 0 saturated carbocycles. The molecule has 0 heterocycles. The molecule has 0 aromatic heterocycles. The summed E-state index contributed by atoms with van der Waals surface area (Å²) in [5, 5.41) is 27.4. The summed E-state index contributed by atoms with van der Waals surface area (Å²) in [7, 11) is 0. The van der Waals surface area contributed by atoms with Gasteiger partial charge in [-0.3, -0.25) is 4.79 Å². The highest BCUT2D eigenvalue weighted by Crippen LogP contribution is 2.38. The minimum Gasteiger partial charge on any atom is -0.465 e. The first-order chi connectivity index (χ1) is 10.1. The van der Waals surface area contributed by atoms with Gasteiger partial charge in [-0.05, 0) is 13.8 Å². The van der Waals surface area contributed by atoms with Crippen molar-refractivity contribution in [3.05, 3.63) is 22.3 Å². The molecule has 0 aliphatic heterocycles. The van der Waals surface area contributed by atoms with Crippen LogP contribution < -0.4 is 0 Å². The molecule has 0 amide bonds. The lowest BCUT2D eigenvalue weighted by Gasteiger charge is -2.13. The monoisotopic (exact) mass is 285 g/mol. The molecule has 0 fully saturated rings. The van der Waals surface area contributed by atoms with E-state index in [1.54, 1.807) is 32.1 Å². The molecule has 0 saturated heterocycles. The summed E-state index contributed by atoms with van der Waals surface area (Å²) in [4.78, 5) is 24.0. The summed E-state index contributed by atoms with van der Waals surface area (Å²) >= 11 is 0. The number of ether oxygens (including phenoxy) is 2. The Morgan fingerprint density at radius 1 is 1.00 bits per heavy atom. The van der Waals surface area contributed by atoms with Crippen molar-refractivity contribution in [3.63, 3.8) is 0 Å². The third kappa shape index (κ3) is 2.75. The topological polar surface area (TPSA) is 124 Å². The van der Waals surface area contributed by atoms with Crippen molar-refractivity contribution >= 4 is 11.9 Å². The summed E-state index contributed by atoms with van der Waals surface area (Å²) in [5.41, 5.74) is -1.19. The zero-order valence-corrected chi connectivity index (χ0v) is 11.5. The predicted octanol–water partition coefficient (Wildman–Crippen LogP) is 0.906. The van der Waals surface area contributed by atoms with E-state index >= 15 is 0 Å². The SMILES string of the molecule is CCOC(=O)C1=C(C#N)C(C#N)=C(C#N)C1C(=O)OCC. The Bertz CT molecular complexity index is 668. The van der Waals surface area contributed by atoms with Gasteiger partial charge in [0.2, 0.25) is 0 Å². The molecule has 0 aromatic rings. The molecule has 21 heavy (non-hydrogen) atoms. The van der Waals surface area contributed by atoms with Crippen LogP contribution in [0.4, 0.5) is 0 Å². The number of rotatable bonds is 4. The van der Waals surface area contributed by atoms with Gasteiger partial charge in [0.05, 0.1) is 41.6 Å². The molecule has 0 bridgehead atoms. The van der Waals surface area contributed by atoms with Crippen LogP contribution in [0.5, 0.6) is 0 Å². The Labute approximate surface area is 121 Å². The van der Waals surface area contributed by atoms with E-state index in [9.17, 15) is 9.59 Å². The van der Waals surface area contributed by atoms with E-state index in [-0.39, 0.29) is 35.5 Å². The number of hydrogen-bond acceptors (Lipinski definition) is 7. The molecule has 0 radical (unpaired) electrons. The van der Waals surface area contributed by atoms with E-state index < -0.39 is 17.9 Å². The lowest BCUT2D eigenvalue weighted by atomic mass is 9.95. The Morgan fingerprint density at radius 2 is 1.57 bits per heavy atom. The molecular weight excluding hydrogens is 274 g/mol. The highest BCUT2D eigenvalue weighted by atomic mass is 16.5. The van der Waals surface area contributed by atoms with Crippen molar-refractivity contribution in [1.82, 2.24) is 0 Å². The van der Waals surface area contributed by atoms with Crippen molar-refractivity contribution in [2.75, 3.05) is 13.2 Å². The summed E-state index contributed by atoms with van der Waals surface area (Å²) in [6.45, 7) is 3.18. The largest absolute Gasteiger partial charge is 0.465 e. The Balaban J connectivity index is 3.52. The van der Waals surface area contributed by atoms with Gasteiger partial charge < -0.3 is 9.47 Å². The Hall–Kier alpha value is -3.11. The lowest BCUT2D eigenvalue weighted by Crippen LogP contribution is -2.25. The Morgan fingerprint density at radius 3 is 2.00 bits per heavy atom. The van der Waals surface area contributed by atoms with E-state index in [0.29, 0.717) is 0 Å². The first-order valence-electron chi connectivity index (χ1n) is 6.09. The second-order valence-electron chi connectivity index (χ2n) is 3.82. The third-order valence-electron chi connectivity index (χ3n) is 2.73. The molecule has 7 heteroatoms. The fourth-order valence-electron chi connectivity index (χ4n) is 1.95. The second kappa shape index (κ2) is 6.88. The Kier molecular flexibility index (Phi) is 5.23. The maximum atomic E-state index is 12.0. The van der Waals surface area contributed by atoms with Crippen LogP contribution in [0.25, 0.3) is 0 Å². The van der Waals surface area contributed by atoms with Crippen LogP contribution in [-0.4, -0.2) is 25.2 Å². The molecule has 1 atom stereocenters. The number of carbonyl (C=O) groups is 2. The van der Waals surface area contributed by atoms with Gasteiger partial charge in [0, 0.05) is 0 Å². The van der Waals surface area contributed by atoms with Crippen LogP contribution in [0.3, 0.4) is 0 Å². The highest BCUT2D eigenvalue weighted by Gasteiger charge is 2.44. The maximum absolute atomic E-state index is 12.0. The minimum absolute atomic E-state index is 0.0281. The van der Waals surface area contributed by atoms with Crippen LogP contribution in [-0.2, 0) is 19.1 Å². The summed E-state index contributed by atoms with van der Waals surface area (Å²) < 4.78 is 9.62. The number of nitrogens with zero attached hydrogens (tertiary/aromatic N) is 3. The average molecular weight is 285 g/mol. The van der Waals surface area contributed by atoms with Gasteiger partial charge in [0.15, 0.2) is 0 Å². The fourth-order valence-corrected chi connectivity index (χ4v) is 1.95. The van der Waals surface area contributed by atoms with Crippen molar-refractivity contribution in [1.29, 1.82) is 15.8 Å². The quantitative estimate of drug-likeness (QED) is 0.703. The number of esters is 2. The van der Waals surface area contributed by atoms with Gasteiger partial charge in [0.25, 0.3) is 0 Å². The minimum atomic E-state index is -1.39. The van der Waals surface area contributed by atoms with Crippen molar-refractivity contribution in [2.24, 2.45) is 5.92 Å².